The van der Waals surface area contributed by atoms with E-state index in [1.54, 1.807) is 19.4 Å². The molecule has 1 aromatic heterocycles. The quantitative estimate of drug-likeness (QED) is 0.839. The highest BCUT2D eigenvalue weighted by molar-refractivity contribution is 5.41. The summed E-state index contributed by atoms with van der Waals surface area (Å²) in [4.78, 5) is 0. The first-order chi connectivity index (χ1) is 9.20. The van der Waals surface area contributed by atoms with Gasteiger partial charge in [0.2, 0.25) is 0 Å². The predicted octanol–water partition coefficient (Wildman–Crippen LogP) is 2.89. The van der Waals surface area contributed by atoms with Crippen LogP contribution >= 0.6 is 0 Å². The number of phenols is 1. The lowest BCUT2D eigenvalue weighted by atomic mass is 10.1. The van der Waals surface area contributed by atoms with Gasteiger partial charge in [0, 0.05) is 30.6 Å². The predicted molar refractivity (Wildman–Crippen MR) is 73.5 cm³/mol. The summed E-state index contributed by atoms with van der Waals surface area (Å²) in [5.74, 6) is 1.86. The summed E-state index contributed by atoms with van der Waals surface area (Å²) in [7, 11) is 1.58. The van der Waals surface area contributed by atoms with Crippen molar-refractivity contribution < 1.29 is 14.3 Å². The Kier molecular flexibility index (Phi) is 4.47. The van der Waals surface area contributed by atoms with E-state index in [4.69, 9.17) is 9.15 Å². The molecule has 0 spiro atoms. The van der Waals surface area contributed by atoms with Crippen LogP contribution in [0.15, 0.2) is 41.0 Å². The highest BCUT2D eigenvalue weighted by Crippen LogP contribution is 2.28. The Bertz CT molecular complexity index is 508. The number of hydrogen-bond donors (Lipinski definition) is 2. The van der Waals surface area contributed by atoms with Crippen molar-refractivity contribution in [2.45, 2.75) is 19.4 Å². The summed E-state index contributed by atoms with van der Waals surface area (Å²) in [6.07, 6.45) is 2.50. The van der Waals surface area contributed by atoms with Crippen molar-refractivity contribution >= 4 is 0 Å². The molecule has 102 valence electrons. The molecule has 0 bridgehead atoms. The van der Waals surface area contributed by atoms with Crippen LogP contribution in [-0.4, -0.2) is 18.8 Å². The van der Waals surface area contributed by atoms with Crippen LogP contribution in [0.1, 0.15) is 24.3 Å². The van der Waals surface area contributed by atoms with Crippen LogP contribution in [0.2, 0.25) is 0 Å². The van der Waals surface area contributed by atoms with Crippen LogP contribution in [0.4, 0.5) is 0 Å². The van der Waals surface area contributed by atoms with E-state index < -0.39 is 0 Å². The molecule has 1 aromatic carbocycles. The fourth-order valence-electron chi connectivity index (χ4n) is 1.99. The molecular formula is C15H19NO3. The summed E-state index contributed by atoms with van der Waals surface area (Å²) in [6.45, 7) is 2.81. The maximum atomic E-state index is 9.94. The topological polar surface area (TPSA) is 54.6 Å². The third kappa shape index (κ3) is 3.51. The van der Waals surface area contributed by atoms with Crippen LogP contribution in [0, 0.1) is 0 Å². The molecule has 0 saturated heterocycles. The maximum Gasteiger partial charge on any atom is 0.124 e. The first-order valence-electron chi connectivity index (χ1n) is 6.33. The largest absolute Gasteiger partial charge is 0.507 e. The van der Waals surface area contributed by atoms with Gasteiger partial charge in [0.05, 0.1) is 13.4 Å². The van der Waals surface area contributed by atoms with E-state index >= 15 is 0 Å². The van der Waals surface area contributed by atoms with E-state index in [0.29, 0.717) is 5.75 Å². The smallest absolute Gasteiger partial charge is 0.124 e. The highest BCUT2D eigenvalue weighted by atomic mass is 16.5. The van der Waals surface area contributed by atoms with E-state index in [1.807, 2.05) is 31.2 Å². The minimum absolute atomic E-state index is 0.0702. The molecule has 4 heteroatoms. The average molecular weight is 261 g/mol. The van der Waals surface area contributed by atoms with Gasteiger partial charge in [0.25, 0.3) is 0 Å². The molecule has 2 N–H and O–H groups in total. The number of methoxy groups -OCH3 is 1. The third-order valence-electron chi connectivity index (χ3n) is 3.11. The van der Waals surface area contributed by atoms with Crippen LogP contribution in [0.3, 0.4) is 0 Å². The molecule has 0 saturated carbocycles. The van der Waals surface area contributed by atoms with E-state index in [2.05, 4.69) is 5.32 Å². The molecule has 0 aliphatic rings. The van der Waals surface area contributed by atoms with Crippen molar-refractivity contribution in [2.24, 2.45) is 0 Å². The Hall–Kier alpha value is -1.94. The van der Waals surface area contributed by atoms with Gasteiger partial charge in [-0.2, -0.15) is 0 Å². The number of furan rings is 1. The fraction of sp³-hybridized carbons (Fsp3) is 0.333. The van der Waals surface area contributed by atoms with Gasteiger partial charge in [-0.25, -0.2) is 0 Å². The van der Waals surface area contributed by atoms with Gasteiger partial charge < -0.3 is 19.6 Å². The number of nitrogens with one attached hydrogen (secondary N) is 1. The Morgan fingerprint density at radius 1 is 1.37 bits per heavy atom. The fourth-order valence-corrected chi connectivity index (χ4v) is 1.99. The summed E-state index contributed by atoms with van der Waals surface area (Å²) in [5, 5.41) is 13.3. The first kappa shape index (κ1) is 13.5. The van der Waals surface area contributed by atoms with Crippen molar-refractivity contribution in [1.29, 1.82) is 0 Å². The van der Waals surface area contributed by atoms with E-state index in [0.717, 1.165) is 24.3 Å². The van der Waals surface area contributed by atoms with Crippen LogP contribution < -0.4 is 10.1 Å². The Labute approximate surface area is 113 Å². The Morgan fingerprint density at radius 2 is 2.21 bits per heavy atom. The molecule has 0 aliphatic carbocycles. The summed E-state index contributed by atoms with van der Waals surface area (Å²) in [6, 6.07) is 9.25. The van der Waals surface area contributed by atoms with Crippen molar-refractivity contribution in [2.75, 3.05) is 13.7 Å². The second-order valence-electron chi connectivity index (χ2n) is 4.43. The van der Waals surface area contributed by atoms with Crippen LogP contribution in [0.25, 0.3) is 0 Å². The van der Waals surface area contributed by atoms with E-state index in [-0.39, 0.29) is 11.8 Å². The molecule has 1 heterocycles. The molecule has 0 fully saturated rings. The molecule has 1 unspecified atom stereocenters. The van der Waals surface area contributed by atoms with Crippen molar-refractivity contribution in [3.05, 3.63) is 47.9 Å². The standard InChI is InChI=1S/C15H19NO3/c1-11(16-8-7-12-4-3-9-19-12)14-6-5-13(18-2)10-15(14)17/h3-6,9-11,16-17H,7-8H2,1-2H3. The first-order valence-corrected chi connectivity index (χ1v) is 6.33. The highest BCUT2D eigenvalue weighted by Gasteiger charge is 2.10. The average Bonchev–Trinajstić information content (AvgIpc) is 2.91. The van der Waals surface area contributed by atoms with Gasteiger partial charge in [-0.15, -0.1) is 0 Å². The van der Waals surface area contributed by atoms with Crippen molar-refractivity contribution in [3.63, 3.8) is 0 Å². The van der Waals surface area contributed by atoms with Crippen molar-refractivity contribution in [1.82, 2.24) is 5.32 Å². The lowest BCUT2D eigenvalue weighted by Crippen LogP contribution is -2.21. The molecular weight excluding hydrogens is 242 g/mol. The Morgan fingerprint density at radius 3 is 2.84 bits per heavy atom. The van der Waals surface area contributed by atoms with Gasteiger partial charge in [0.15, 0.2) is 0 Å². The summed E-state index contributed by atoms with van der Waals surface area (Å²) >= 11 is 0. The second kappa shape index (κ2) is 6.29. The zero-order valence-electron chi connectivity index (χ0n) is 11.2. The summed E-state index contributed by atoms with van der Waals surface area (Å²) in [5.41, 5.74) is 0.861. The number of aromatic hydroxyl groups is 1. The second-order valence-corrected chi connectivity index (χ2v) is 4.43. The number of ether oxygens (including phenoxy) is 1. The number of phenolic OH excluding ortho intramolecular Hbond substituents is 1. The van der Waals surface area contributed by atoms with Crippen LogP contribution in [-0.2, 0) is 6.42 Å². The number of benzene rings is 1. The molecule has 2 rings (SSSR count). The minimum atomic E-state index is 0.0702. The molecule has 19 heavy (non-hydrogen) atoms. The van der Waals surface area contributed by atoms with Crippen molar-refractivity contribution in [3.8, 4) is 11.5 Å². The zero-order valence-corrected chi connectivity index (χ0v) is 11.2. The lowest BCUT2D eigenvalue weighted by molar-refractivity contribution is 0.403. The molecule has 0 amide bonds. The number of hydrogen-bond acceptors (Lipinski definition) is 4. The van der Waals surface area contributed by atoms with Gasteiger partial charge in [-0.3, -0.25) is 0 Å². The SMILES string of the molecule is COc1ccc(C(C)NCCc2ccco2)c(O)c1. The third-order valence-corrected chi connectivity index (χ3v) is 3.11. The normalized spacial score (nSPS) is 12.3. The van der Waals surface area contributed by atoms with Crippen LogP contribution in [0.5, 0.6) is 11.5 Å². The minimum Gasteiger partial charge on any atom is -0.507 e. The maximum absolute atomic E-state index is 9.94. The Balaban J connectivity index is 1.90. The molecule has 0 radical (unpaired) electrons. The van der Waals surface area contributed by atoms with Gasteiger partial charge in [-0.1, -0.05) is 6.07 Å². The molecule has 0 aliphatic heterocycles. The van der Waals surface area contributed by atoms with Gasteiger partial charge in [-0.05, 0) is 25.1 Å². The van der Waals surface area contributed by atoms with Gasteiger partial charge >= 0.3 is 0 Å². The number of rotatable bonds is 6. The summed E-state index contributed by atoms with van der Waals surface area (Å²) < 4.78 is 10.3. The zero-order chi connectivity index (χ0) is 13.7. The monoisotopic (exact) mass is 261 g/mol. The van der Waals surface area contributed by atoms with E-state index in [9.17, 15) is 5.11 Å². The molecule has 1 atom stereocenters. The molecule has 2 aromatic rings. The lowest BCUT2D eigenvalue weighted by Gasteiger charge is -2.15. The van der Waals surface area contributed by atoms with Gasteiger partial charge in [0.1, 0.15) is 17.3 Å². The van der Waals surface area contributed by atoms with E-state index in [1.165, 1.54) is 0 Å². The molecule has 4 nitrogen and oxygen atoms in total.